The molecule has 3 heterocycles. The number of hydrogen-bond acceptors (Lipinski definition) is 6. The van der Waals surface area contributed by atoms with Crippen LogP contribution < -0.4 is 25.0 Å². The van der Waals surface area contributed by atoms with E-state index < -0.39 is 5.91 Å². The standard InChI is InChI=1S/C24H27BrN4O4S/c25-18-4-1-3-17(13-18)14-21-23(31)29(16-19-5-2-10-33-19)24(34-21)20(15-26)22(30)27-6-7-28-8-11-32-12-9-28/h1,3-4,13-14,19H,2,5-12,16H2,(H,27,30)/p+1/b21-14-,24-20-/t19-/m0/s1. The SMILES string of the molecule is N#C/C(C(=O)NCC[NH+]1CCOCC1)=c1/s/c(=C\c2cccc(Br)c2)c(=O)n1C[C@@H]1CCCO1. The van der Waals surface area contributed by atoms with E-state index in [1.807, 2.05) is 24.3 Å². The topological polar surface area (TPSA) is 97.8 Å². The molecule has 2 saturated heterocycles. The highest BCUT2D eigenvalue weighted by Crippen LogP contribution is 2.13. The van der Waals surface area contributed by atoms with Crippen LogP contribution in [0.15, 0.2) is 33.5 Å². The van der Waals surface area contributed by atoms with Crippen molar-refractivity contribution in [2.75, 3.05) is 46.0 Å². The molecule has 10 heteroatoms. The molecule has 0 spiro atoms. The Kier molecular flexibility index (Phi) is 8.69. The number of hydrogen-bond donors (Lipinski definition) is 2. The maximum Gasteiger partial charge on any atom is 0.269 e. The normalized spacial score (nSPS) is 20.2. The highest BCUT2D eigenvalue weighted by molar-refractivity contribution is 9.10. The van der Waals surface area contributed by atoms with E-state index in [4.69, 9.17) is 9.47 Å². The number of nitrogens with zero attached hydrogens (tertiary/aromatic N) is 2. The van der Waals surface area contributed by atoms with E-state index >= 15 is 0 Å². The fourth-order valence-electron chi connectivity index (χ4n) is 4.16. The maximum atomic E-state index is 13.3. The van der Waals surface area contributed by atoms with Crippen LogP contribution >= 0.6 is 27.3 Å². The molecular weight excluding hydrogens is 520 g/mol. The summed E-state index contributed by atoms with van der Waals surface area (Å²) >= 11 is 4.63. The first-order valence-corrected chi connectivity index (χ1v) is 13.1. The second kappa shape index (κ2) is 11.9. The number of quaternary nitrogens is 1. The van der Waals surface area contributed by atoms with Gasteiger partial charge in [0, 0.05) is 11.1 Å². The number of ether oxygens (including phenoxy) is 2. The number of carbonyl (C=O) groups excluding carboxylic acids is 1. The Balaban J connectivity index is 1.67. The lowest BCUT2D eigenvalue weighted by atomic mass is 10.2. The molecule has 8 nitrogen and oxygen atoms in total. The number of amides is 1. The first-order chi connectivity index (χ1) is 16.5. The van der Waals surface area contributed by atoms with Gasteiger partial charge < -0.3 is 19.7 Å². The van der Waals surface area contributed by atoms with Crippen LogP contribution in [0.2, 0.25) is 0 Å². The van der Waals surface area contributed by atoms with Crippen LogP contribution in [0.25, 0.3) is 11.6 Å². The van der Waals surface area contributed by atoms with Crippen molar-refractivity contribution < 1.29 is 19.2 Å². The predicted octanol–water partition coefficient (Wildman–Crippen LogP) is -0.614. The zero-order valence-corrected chi connectivity index (χ0v) is 21.3. The smallest absolute Gasteiger partial charge is 0.269 e. The van der Waals surface area contributed by atoms with Crippen molar-refractivity contribution >= 4 is 44.8 Å². The van der Waals surface area contributed by atoms with Crippen molar-refractivity contribution in [3.8, 4) is 6.07 Å². The van der Waals surface area contributed by atoms with Crippen molar-refractivity contribution in [1.82, 2.24) is 9.88 Å². The summed E-state index contributed by atoms with van der Waals surface area (Å²) in [5, 5.41) is 12.8. The number of nitriles is 1. The number of halogens is 1. The third-order valence-corrected chi connectivity index (χ3v) is 7.60. The average molecular weight is 548 g/mol. The highest BCUT2D eigenvalue weighted by Gasteiger charge is 2.21. The molecule has 1 atom stereocenters. The molecule has 4 rings (SSSR count). The Labute approximate surface area is 210 Å². The Bertz CT molecular complexity index is 1240. The second-order valence-electron chi connectivity index (χ2n) is 8.38. The van der Waals surface area contributed by atoms with Gasteiger partial charge in [0.15, 0.2) is 5.57 Å². The first kappa shape index (κ1) is 24.8. The fourth-order valence-corrected chi connectivity index (χ4v) is 5.68. The molecule has 0 aliphatic carbocycles. The molecule has 180 valence electrons. The molecule has 0 unspecified atom stereocenters. The summed E-state index contributed by atoms with van der Waals surface area (Å²) in [5.74, 6) is -0.452. The van der Waals surface area contributed by atoms with Gasteiger partial charge in [-0.3, -0.25) is 14.2 Å². The van der Waals surface area contributed by atoms with Crippen LogP contribution in [-0.2, 0) is 20.8 Å². The number of rotatable bonds is 7. The Morgan fingerprint density at radius 2 is 2.18 bits per heavy atom. The van der Waals surface area contributed by atoms with Gasteiger partial charge in [-0.15, -0.1) is 11.3 Å². The summed E-state index contributed by atoms with van der Waals surface area (Å²) in [6.45, 7) is 5.47. The average Bonchev–Trinajstić information content (AvgIpc) is 3.45. The van der Waals surface area contributed by atoms with E-state index in [0.29, 0.717) is 28.9 Å². The van der Waals surface area contributed by atoms with E-state index in [1.54, 1.807) is 6.08 Å². The zero-order chi connectivity index (χ0) is 23.9. The Hall–Kier alpha value is -2.29. The number of aromatic nitrogens is 1. The van der Waals surface area contributed by atoms with Crippen LogP contribution in [0.5, 0.6) is 0 Å². The lowest BCUT2D eigenvalue weighted by Gasteiger charge is -2.23. The third kappa shape index (κ3) is 6.23. The summed E-state index contributed by atoms with van der Waals surface area (Å²) in [6, 6.07) is 9.68. The van der Waals surface area contributed by atoms with Gasteiger partial charge in [-0.1, -0.05) is 28.1 Å². The number of carbonyl (C=O) groups is 1. The molecule has 0 saturated carbocycles. The molecule has 2 N–H and O–H groups in total. The zero-order valence-electron chi connectivity index (χ0n) is 18.8. The minimum absolute atomic E-state index is 0.0361. The monoisotopic (exact) mass is 547 g/mol. The molecule has 34 heavy (non-hydrogen) atoms. The van der Waals surface area contributed by atoms with Crippen molar-refractivity contribution in [3.63, 3.8) is 0 Å². The van der Waals surface area contributed by atoms with Crippen LogP contribution in [0.4, 0.5) is 0 Å². The second-order valence-corrected chi connectivity index (χ2v) is 10.3. The van der Waals surface area contributed by atoms with Crippen LogP contribution in [0.1, 0.15) is 18.4 Å². The van der Waals surface area contributed by atoms with E-state index in [9.17, 15) is 14.9 Å². The van der Waals surface area contributed by atoms with Gasteiger partial charge in [-0.05, 0) is 36.6 Å². The lowest BCUT2D eigenvalue weighted by molar-refractivity contribution is -0.906. The van der Waals surface area contributed by atoms with E-state index in [0.717, 1.165) is 55.7 Å². The first-order valence-electron chi connectivity index (χ1n) is 11.5. The summed E-state index contributed by atoms with van der Waals surface area (Å²) in [4.78, 5) is 27.7. The quantitative estimate of drug-likeness (QED) is 0.481. The molecule has 1 aromatic carbocycles. The number of nitrogens with one attached hydrogen (secondary N) is 2. The largest absolute Gasteiger partial charge is 0.376 e. The summed E-state index contributed by atoms with van der Waals surface area (Å²) < 4.78 is 14.4. The van der Waals surface area contributed by atoms with E-state index in [1.165, 1.54) is 20.8 Å². The molecule has 2 fully saturated rings. The van der Waals surface area contributed by atoms with Gasteiger partial charge in [0.2, 0.25) is 0 Å². The van der Waals surface area contributed by atoms with Crippen LogP contribution in [0.3, 0.4) is 0 Å². The van der Waals surface area contributed by atoms with Crippen LogP contribution in [0, 0.1) is 11.3 Å². The van der Waals surface area contributed by atoms with E-state index in [2.05, 4.69) is 27.3 Å². The van der Waals surface area contributed by atoms with Gasteiger partial charge in [0.05, 0.1) is 43.5 Å². The lowest BCUT2D eigenvalue weighted by Crippen LogP contribution is -3.14. The molecule has 2 aliphatic rings. The molecular formula is C24H28BrN4O4S+. The minimum Gasteiger partial charge on any atom is -0.376 e. The minimum atomic E-state index is -0.452. The molecule has 1 aromatic heterocycles. The number of benzene rings is 1. The van der Waals surface area contributed by atoms with Gasteiger partial charge in [-0.2, -0.15) is 5.26 Å². The number of morpholine rings is 1. The van der Waals surface area contributed by atoms with Crippen molar-refractivity contribution in [1.29, 1.82) is 5.26 Å². The molecule has 0 bridgehead atoms. The van der Waals surface area contributed by atoms with Gasteiger partial charge >= 0.3 is 0 Å². The molecule has 2 aromatic rings. The summed E-state index contributed by atoms with van der Waals surface area (Å²) in [7, 11) is 0. The summed E-state index contributed by atoms with van der Waals surface area (Å²) in [6.07, 6.45) is 3.48. The molecule has 1 amide bonds. The number of thiazole rings is 1. The Morgan fingerprint density at radius 3 is 2.88 bits per heavy atom. The van der Waals surface area contributed by atoms with Crippen molar-refractivity contribution in [2.45, 2.75) is 25.5 Å². The van der Waals surface area contributed by atoms with Gasteiger partial charge in [-0.25, -0.2) is 0 Å². The predicted molar refractivity (Wildman–Crippen MR) is 133 cm³/mol. The van der Waals surface area contributed by atoms with Gasteiger partial charge in [0.1, 0.15) is 23.8 Å². The highest BCUT2D eigenvalue weighted by atomic mass is 79.9. The van der Waals surface area contributed by atoms with Crippen molar-refractivity contribution in [2.24, 2.45) is 0 Å². The van der Waals surface area contributed by atoms with E-state index in [-0.39, 0.29) is 17.2 Å². The molecule has 2 aliphatic heterocycles. The maximum absolute atomic E-state index is 13.3. The fraction of sp³-hybridized carbons (Fsp3) is 0.458. The molecule has 0 radical (unpaired) electrons. The van der Waals surface area contributed by atoms with Crippen molar-refractivity contribution in [3.05, 3.63) is 53.9 Å². The Morgan fingerprint density at radius 1 is 1.35 bits per heavy atom. The van der Waals surface area contributed by atoms with Crippen LogP contribution in [-0.4, -0.2) is 62.6 Å². The third-order valence-electron chi connectivity index (χ3n) is 5.98. The van der Waals surface area contributed by atoms with Gasteiger partial charge in [0.25, 0.3) is 11.5 Å². The summed E-state index contributed by atoms with van der Waals surface area (Å²) in [5.41, 5.74) is 0.611.